The maximum absolute atomic E-state index is 9.15. The summed E-state index contributed by atoms with van der Waals surface area (Å²) in [7, 11) is 0. The van der Waals surface area contributed by atoms with Gasteiger partial charge < -0.3 is 4.52 Å². The Hall–Kier alpha value is -1.25. The lowest BCUT2D eigenvalue weighted by molar-refractivity contribution is 0.431. The number of thioether (sulfide) groups is 1. The molecule has 0 unspecified atom stereocenters. The lowest BCUT2D eigenvalue weighted by Gasteiger charge is -2.01. The molecule has 0 N–H and O–H groups in total. The maximum atomic E-state index is 9.15. The lowest BCUT2D eigenvalue weighted by Crippen LogP contribution is -1.86. The molecule has 0 aromatic carbocycles. The summed E-state index contributed by atoms with van der Waals surface area (Å²) < 4.78 is 6.45. The van der Waals surface area contributed by atoms with Gasteiger partial charge in [-0.05, 0) is 25.2 Å². The smallest absolute Gasteiger partial charge is 0.172 e. The second-order valence-corrected chi connectivity index (χ2v) is 5.68. The Morgan fingerprint density at radius 1 is 1.59 bits per heavy atom. The number of aryl methyl sites for hydroxylation is 1. The van der Waals surface area contributed by atoms with Gasteiger partial charge in [0.1, 0.15) is 10.9 Å². The van der Waals surface area contributed by atoms with Crippen LogP contribution in [0.3, 0.4) is 0 Å². The summed E-state index contributed by atoms with van der Waals surface area (Å²) >= 11 is 3.18. The quantitative estimate of drug-likeness (QED) is 0.790. The third-order valence-corrected chi connectivity index (χ3v) is 4.85. The Labute approximate surface area is 108 Å². The number of thiophene rings is 1. The van der Waals surface area contributed by atoms with Gasteiger partial charge in [0.2, 0.25) is 0 Å². The second-order valence-electron chi connectivity index (χ2n) is 3.58. The molecule has 0 fully saturated rings. The third-order valence-electron chi connectivity index (χ3n) is 2.59. The zero-order valence-electron chi connectivity index (χ0n) is 9.90. The number of nitrogens with zero attached hydrogens (tertiary/aromatic N) is 2. The van der Waals surface area contributed by atoms with Gasteiger partial charge in [-0.25, -0.2) is 0 Å². The molecule has 2 aromatic heterocycles. The highest BCUT2D eigenvalue weighted by atomic mass is 32.2. The predicted molar refractivity (Wildman–Crippen MR) is 70.4 cm³/mol. The molecule has 0 spiro atoms. The Morgan fingerprint density at radius 2 is 2.35 bits per heavy atom. The van der Waals surface area contributed by atoms with E-state index < -0.39 is 0 Å². The fraction of sp³-hybridized carbons (Fsp3) is 0.333. The van der Waals surface area contributed by atoms with Crippen LogP contribution in [0.5, 0.6) is 0 Å². The molecule has 3 nitrogen and oxygen atoms in total. The summed E-state index contributed by atoms with van der Waals surface area (Å²) in [5.41, 5.74) is 3.13. The lowest BCUT2D eigenvalue weighted by atomic mass is 10.0. The van der Waals surface area contributed by atoms with Crippen molar-refractivity contribution in [1.82, 2.24) is 5.16 Å². The van der Waals surface area contributed by atoms with Crippen LogP contribution in [0.25, 0.3) is 11.3 Å². The molecule has 0 amide bonds. The summed E-state index contributed by atoms with van der Waals surface area (Å²) in [6.07, 6.45) is 4.56. The number of aromatic nitrogens is 1. The van der Waals surface area contributed by atoms with Crippen LogP contribution < -0.4 is 0 Å². The van der Waals surface area contributed by atoms with Crippen molar-refractivity contribution in [3.05, 3.63) is 22.2 Å². The van der Waals surface area contributed by atoms with Gasteiger partial charge in [-0.2, -0.15) is 5.26 Å². The molecule has 0 saturated carbocycles. The topological polar surface area (TPSA) is 49.8 Å². The molecule has 88 valence electrons. The van der Waals surface area contributed by atoms with Crippen molar-refractivity contribution in [3.8, 4) is 17.4 Å². The molecule has 5 heteroatoms. The van der Waals surface area contributed by atoms with Crippen molar-refractivity contribution < 1.29 is 4.52 Å². The Kier molecular flexibility index (Phi) is 3.55. The molecule has 2 heterocycles. The summed E-state index contributed by atoms with van der Waals surface area (Å²) in [4.78, 5) is 0.780. The first-order valence-corrected chi connectivity index (χ1v) is 7.28. The van der Waals surface area contributed by atoms with E-state index in [9.17, 15) is 0 Å². The van der Waals surface area contributed by atoms with Crippen LogP contribution in [0.2, 0.25) is 0 Å². The van der Waals surface area contributed by atoms with Crippen LogP contribution in [-0.4, -0.2) is 11.4 Å². The van der Waals surface area contributed by atoms with E-state index in [0.29, 0.717) is 0 Å². The highest BCUT2D eigenvalue weighted by molar-refractivity contribution is 8.00. The van der Waals surface area contributed by atoms with E-state index in [1.54, 1.807) is 18.0 Å². The van der Waals surface area contributed by atoms with E-state index in [-0.39, 0.29) is 0 Å². The van der Waals surface area contributed by atoms with Crippen molar-refractivity contribution in [2.24, 2.45) is 0 Å². The summed E-state index contributed by atoms with van der Waals surface area (Å²) in [6, 6.07) is 2.27. The Balaban J connectivity index is 2.71. The minimum absolute atomic E-state index is 0.780. The largest absolute Gasteiger partial charge is 0.356 e. The normalized spacial score (nSPS) is 10.5. The highest BCUT2D eigenvalue weighted by Gasteiger charge is 2.22. The van der Waals surface area contributed by atoms with E-state index >= 15 is 0 Å². The fourth-order valence-corrected chi connectivity index (χ4v) is 3.70. The van der Waals surface area contributed by atoms with Gasteiger partial charge >= 0.3 is 0 Å². The molecule has 17 heavy (non-hydrogen) atoms. The molecule has 0 radical (unpaired) electrons. The molecule has 0 saturated heterocycles. The van der Waals surface area contributed by atoms with Crippen molar-refractivity contribution >= 4 is 23.1 Å². The second kappa shape index (κ2) is 4.94. The van der Waals surface area contributed by atoms with Gasteiger partial charge in [-0.15, -0.1) is 23.1 Å². The van der Waals surface area contributed by atoms with Crippen LogP contribution in [0, 0.1) is 18.3 Å². The maximum Gasteiger partial charge on any atom is 0.172 e. The molecule has 0 aliphatic heterocycles. The zero-order valence-corrected chi connectivity index (χ0v) is 11.5. The SMILES string of the molecule is CCc1c(C#N)sc(SC)c1-c1oncc1C. The van der Waals surface area contributed by atoms with E-state index in [1.807, 2.05) is 13.2 Å². The molecule has 0 atom stereocenters. The van der Waals surface area contributed by atoms with Gasteiger partial charge in [0.15, 0.2) is 5.76 Å². The van der Waals surface area contributed by atoms with Crippen molar-refractivity contribution in [2.75, 3.05) is 6.26 Å². The molecule has 0 aliphatic carbocycles. The first-order valence-electron chi connectivity index (χ1n) is 5.24. The summed E-state index contributed by atoms with van der Waals surface area (Å²) in [5.74, 6) is 0.795. The molecule has 2 aromatic rings. The minimum atomic E-state index is 0.780. The number of hydrogen-bond donors (Lipinski definition) is 0. The van der Waals surface area contributed by atoms with Gasteiger partial charge in [0.25, 0.3) is 0 Å². The van der Waals surface area contributed by atoms with E-state index in [1.165, 1.54) is 11.3 Å². The summed E-state index contributed by atoms with van der Waals surface area (Å²) in [5, 5.41) is 13.0. The molecular weight excluding hydrogens is 252 g/mol. The third kappa shape index (κ3) is 1.99. The van der Waals surface area contributed by atoms with Gasteiger partial charge in [0, 0.05) is 11.1 Å². The molecular formula is C12H12N2OS2. The van der Waals surface area contributed by atoms with Crippen LogP contribution in [0.15, 0.2) is 14.9 Å². The zero-order chi connectivity index (χ0) is 12.4. The Morgan fingerprint density at radius 3 is 2.82 bits per heavy atom. The van der Waals surface area contributed by atoms with Crippen LogP contribution in [-0.2, 0) is 6.42 Å². The highest BCUT2D eigenvalue weighted by Crippen LogP contribution is 2.42. The first kappa shape index (κ1) is 12.2. The molecule has 0 bridgehead atoms. The first-order chi connectivity index (χ1) is 8.22. The number of nitriles is 1. The monoisotopic (exact) mass is 264 g/mol. The number of rotatable bonds is 3. The van der Waals surface area contributed by atoms with Gasteiger partial charge in [0.05, 0.1) is 10.4 Å². The number of hydrogen-bond acceptors (Lipinski definition) is 5. The average Bonchev–Trinajstić information content (AvgIpc) is 2.90. The molecule has 0 aliphatic rings. The van der Waals surface area contributed by atoms with Gasteiger partial charge in [-0.3, -0.25) is 0 Å². The van der Waals surface area contributed by atoms with E-state index in [2.05, 4.69) is 18.1 Å². The van der Waals surface area contributed by atoms with Crippen LogP contribution in [0.4, 0.5) is 0 Å². The van der Waals surface area contributed by atoms with Crippen molar-refractivity contribution in [3.63, 3.8) is 0 Å². The van der Waals surface area contributed by atoms with Crippen LogP contribution in [0.1, 0.15) is 22.9 Å². The Bertz CT molecular complexity index is 578. The van der Waals surface area contributed by atoms with E-state index in [4.69, 9.17) is 9.78 Å². The molecule has 2 rings (SSSR count). The summed E-state index contributed by atoms with van der Waals surface area (Å²) in [6.45, 7) is 4.03. The standard InChI is InChI=1S/C12H12N2OS2/c1-4-8-9(5-13)17-12(16-3)10(8)11-7(2)6-14-15-11/h6H,4H2,1-3H3. The van der Waals surface area contributed by atoms with E-state index in [0.717, 1.165) is 38.0 Å². The average molecular weight is 264 g/mol. The van der Waals surface area contributed by atoms with Crippen molar-refractivity contribution in [1.29, 1.82) is 5.26 Å². The van der Waals surface area contributed by atoms with Gasteiger partial charge in [-0.1, -0.05) is 12.1 Å². The van der Waals surface area contributed by atoms with Crippen molar-refractivity contribution in [2.45, 2.75) is 24.5 Å². The minimum Gasteiger partial charge on any atom is -0.356 e. The fourth-order valence-electron chi connectivity index (χ4n) is 1.77. The van der Waals surface area contributed by atoms with Crippen LogP contribution >= 0.6 is 23.1 Å². The predicted octanol–water partition coefficient (Wildman–Crippen LogP) is 3.87.